The van der Waals surface area contributed by atoms with Crippen molar-refractivity contribution in [3.63, 3.8) is 0 Å². The number of pyridine rings is 1. The molecular formula is C18H25N5O. The molecule has 3 rings (SSSR count). The summed E-state index contributed by atoms with van der Waals surface area (Å²) in [6, 6.07) is 8.34. The lowest BCUT2D eigenvalue weighted by atomic mass is 10.2. The Kier molecular flexibility index (Phi) is 4.83. The zero-order chi connectivity index (χ0) is 17.1. The van der Waals surface area contributed by atoms with E-state index < -0.39 is 0 Å². The van der Waals surface area contributed by atoms with Gasteiger partial charge in [-0.15, -0.1) is 0 Å². The highest BCUT2D eigenvalue weighted by atomic mass is 16.2. The van der Waals surface area contributed by atoms with Crippen LogP contribution in [0.1, 0.15) is 35.2 Å². The van der Waals surface area contributed by atoms with Gasteiger partial charge in [-0.25, -0.2) is 4.79 Å². The van der Waals surface area contributed by atoms with Gasteiger partial charge in [-0.3, -0.25) is 9.67 Å². The van der Waals surface area contributed by atoms with E-state index in [2.05, 4.69) is 33.1 Å². The highest BCUT2D eigenvalue weighted by Gasteiger charge is 2.28. The highest BCUT2D eigenvalue weighted by molar-refractivity contribution is 5.74. The number of amides is 2. The van der Waals surface area contributed by atoms with Crippen molar-refractivity contribution in [3.8, 4) is 0 Å². The van der Waals surface area contributed by atoms with Gasteiger partial charge in [0.1, 0.15) is 0 Å². The molecule has 2 aromatic heterocycles. The lowest BCUT2D eigenvalue weighted by Crippen LogP contribution is -2.39. The Morgan fingerprint density at radius 2 is 2.12 bits per heavy atom. The molecule has 1 saturated heterocycles. The molecule has 0 saturated carbocycles. The van der Waals surface area contributed by atoms with E-state index >= 15 is 0 Å². The first-order valence-corrected chi connectivity index (χ1v) is 8.51. The number of aryl methyl sites for hydroxylation is 3. The Hall–Kier alpha value is -2.37. The molecule has 6 heteroatoms. The summed E-state index contributed by atoms with van der Waals surface area (Å²) in [5, 5.41) is 7.55. The van der Waals surface area contributed by atoms with Gasteiger partial charge in [0, 0.05) is 43.1 Å². The van der Waals surface area contributed by atoms with E-state index in [0.29, 0.717) is 6.54 Å². The minimum absolute atomic E-state index is 0.00619. The zero-order valence-electron chi connectivity index (χ0n) is 14.6. The van der Waals surface area contributed by atoms with Gasteiger partial charge >= 0.3 is 6.03 Å². The first-order chi connectivity index (χ1) is 11.5. The van der Waals surface area contributed by atoms with E-state index in [-0.39, 0.29) is 12.1 Å². The summed E-state index contributed by atoms with van der Waals surface area (Å²) in [7, 11) is 0. The molecule has 24 heavy (non-hydrogen) atoms. The average molecular weight is 327 g/mol. The normalized spacial score (nSPS) is 17.3. The summed E-state index contributed by atoms with van der Waals surface area (Å²) in [5.74, 6) is 0. The molecule has 0 bridgehead atoms. The quantitative estimate of drug-likeness (QED) is 0.938. The van der Waals surface area contributed by atoms with Gasteiger partial charge < -0.3 is 10.2 Å². The van der Waals surface area contributed by atoms with Gasteiger partial charge in [-0.2, -0.15) is 5.10 Å². The minimum Gasteiger partial charge on any atom is -0.338 e. The topological polar surface area (TPSA) is 63.1 Å². The van der Waals surface area contributed by atoms with Crippen LogP contribution in [0.4, 0.5) is 4.79 Å². The molecule has 0 unspecified atom stereocenters. The van der Waals surface area contributed by atoms with Crippen molar-refractivity contribution in [1.82, 2.24) is 25.0 Å². The van der Waals surface area contributed by atoms with E-state index in [9.17, 15) is 4.79 Å². The van der Waals surface area contributed by atoms with Gasteiger partial charge in [0.15, 0.2) is 0 Å². The number of carbonyl (C=O) groups is 1. The lowest BCUT2D eigenvalue weighted by molar-refractivity contribution is 0.207. The molecular weight excluding hydrogens is 302 g/mol. The standard InChI is InChI=1S/C18H25N5O/c1-13-5-4-6-16(20-13)7-9-19-18(24)22-10-8-17(12-22)23-15(3)11-14(2)21-23/h4-6,11,17H,7-10,12H2,1-3H3,(H,19,24)/t17-/m0/s1. The second-order valence-corrected chi connectivity index (χ2v) is 6.51. The van der Waals surface area contributed by atoms with Crippen LogP contribution in [0.25, 0.3) is 0 Å². The molecule has 1 aliphatic rings. The Labute approximate surface area is 142 Å². The number of nitrogens with one attached hydrogen (secondary N) is 1. The Morgan fingerprint density at radius 1 is 1.29 bits per heavy atom. The number of aromatic nitrogens is 3. The fraction of sp³-hybridized carbons (Fsp3) is 0.500. The summed E-state index contributed by atoms with van der Waals surface area (Å²) in [6.45, 7) is 8.15. The van der Waals surface area contributed by atoms with Crippen molar-refractivity contribution in [3.05, 3.63) is 47.0 Å². The fourth-order valence-corrected chi connectivity index (χ4v) is 3.29. The van der Waals surface area contributed by atoms with Gasteiger partial charge in [0.05, 0.1) is 11.7 Å². The lowest BCUT2D eigenvalue weighted by Gasteiger charge is -2.18. The van der Waals surface area contributed by atoms with E-state index in [1.54, 1.807) is 0 Å². The van der Waals surface area contributed by atoms with E-state index in [0.717, 1.165) is 48.7 Å². The number of carbonyl (C=O) groups excluding carboxylic acids is 1. The van der Waals surface area contributed by atoms with Crippen molar-refractivity contribution in [1.29, 1.82) is 0 Å². The molecule has 0 spiro atoms. The molecule has 1 fully saturated rings. The van der Waals surface area contributed by atoms with Crippen LogP contribution in [0.3, 0.4) is 0 Å². The molecule has 128 valence electrons. The minimum atomic E-state index is 0.00619. The third-order valence-electron chi connectivity index (χ3n) is 4.44. The number of nitrogens with zero attached hydrogens (tertiary/aromatic N) is 4. The molecule has 2 amide bonds. The SMILES string of the molecule is Cc1cccc(CCNC(=O)N2CC[C@H](n3nc(C)cc3C)C2)n1. The number of rotatable bonds is 4. The monoisotopic (exact) mass is 327 g/mol. The molecule has 0 radical (unpaired) electrons. The Bertz CT molecular complexity index is 724. The summed E-state index contributed by atoms with van der Waals surface area (Å²) in [4.78, 5) is 18.7. The van der Waals surface area contributed by atoms with Crippen molar-refractivity contribution in [2.75, 3.05) is 19.6 Å². The Morgan fingerprint density at radius 3 is 2.83 bits per heavy atom. The van der Waals surface area contributed by atoms with Crippen LogP contribution in [0.2, 0.25) is 0 Å². The molecule has 6 nitrogen and oxygen atoms in total. The maximum Gasteiger partial charge on any atom is 0.317 e. The van der Waals surface area contributed by atoms with Gasteiger partial charge in [0.25, 0.3) is 0 Å². The molecule has 1 N–H and O–H groups in total. The van der Waals surface area contributed by atoms with E-state index in [1.807, 2.05) is 36.9 Å². The van der Waals surface area contributed by atoms with Gasteiger partial charge in [0.2, 0.25) is 0 Å². The molecule has 0 aliphatic carbocycles. The first-order valence-electron chi connectivity index (χ1n) is 8.51. The highest BCUT2D eigenvalue weighted by Crippen LogP contribution is 2.22. The predicted octanol–water partition coefficient (Wildman–Crippen LogP) is 2.40. The van der Waals surface area contributed by atoms with Crippen molar-refractivity contribution >= 4 is 6.03 Å². The second kappa shape index (κ2) is 7.03. The summed E-state index contributed by atoms with van der Waals surface area (Å²) < 4.78 is 2.05. The number of hydrogen-bond acceptors (Lipinski definition) is 3. The Balaban J connectivity index is 1.49. The van der Waals surface area contributed by atoms with Crippen LogP contribution in [-0.4, -0.2) is 45.3 Å². The van der Waals surface area contributed by atoms with Crippen LogP contribution >= 0.6 is 0 Å². The van der Waals surface area contributed by atoms with E-state index in [1.165, 1.54) is 0 Å². The van der Waals surface area contributed by atoms with Crippen molar-refractivity contribution in [2.24, 2.45) is 0 Å². The fourth-order valence-electron chi connectivity index (χ4n) is 3.29. The summed E-state index contributed by atoms with van der Waals surface area (Å²) in [5.41, 5.74) is 4.20. The second-order valence-electron chi connectivity index (χ2n) is 6.51. The molecule has 0 aromatic carbocycles. The van der Waals surface area contributed by atoms with Crippen molar-refractivity contribution in [2.45, 2.75) is 39.7 Å². The third-order valence-corrected chi connectivity index (χ3v) is 4.44. The first kappa shape index (κ1) is 16.5. The van der Waals surface area contributed by atoms with Crippen LogP contribution in [0, 0.1) is 20.8 Å². The van der Waals surface area contributed by atoms with Crippen LogP contribution < -0.4 is 5.32 Å². The van der Waals surface area contributed by atoms with Gasteiger partial charge in [-0.05, 0) is 45.4 Å². The average Bonchev–Trinajstić information content (AvgIpc) is 3.13. The van der Waals surface area contributed by atoms with E-state index in [4.69, 9.17) is 0 Å². The van der Waals surface area contributed by atoms with Crippen LogP contribution in [-0.2, 0) is 6.42 Å². The number of urea groups is 1. The molecule has 1 atom stereocenters. The summed E-state index contributed by atoms with van der Waals surface area (Å²) >= 11 is 0. The molecule has 1 aliphatic heterocycles. The van der Waals surface area contributed by atoms with Gasteiger partial charge in [-0.1, -0.05) is 6.07 Å². The maximum absolute atomic E-state index is 12.3. The van der Waals surface area contributed by atoms with Crippen molar-refractivity contribution < 1.29 is 4.79 Å². The summed E-state index contributed by atoms with van der Waals surface area (Å²) in [6.07, 6.45) is 1.71. The zero-order valence-corrected chi connectivity index (χ0v) is 14.6. The predicted molar refractivity (Wildman–Crippen MR) is 93.0 cm³/mol. The van der Waals surface area contributed by atoms with Crippen LogP contribution in [0.15, 0.2) is 24.3 Å². The smallest absolute Gasteiger partial charge is 0.317 e. The van der Waals surface area contributed by atoms with Crippen LogP contribution in [0.5, 0.6) is 0 Å². The maximum atomic E-state index is 12.3. The largest absolute Gasteiger partial charge is 0.338 e. The number of likely N-dealkylation sites (tertiary alicyclic amines) is 1. The molecule has 3 heterocycles. The number of hydrogen-bond donors (Lipinski definition) is 1. The molecule has 2 aromatic rings. The third kappa shape index (κ3) is 3.75.